The number of furan rings is 1. The van der Waals surface area contributed by atoms with Crippen LogP contribution < -0.4 is 9.47 Å². The van der Waals surface area contributed by atoms with Crippen LogP contribution in [0.4, 0.5) is 0 Å². The van der Waals surface area contributed by atoms with Crippen molar-refractivity contribution in [2.75, 3.05) is 6.61 Å². The van der Waals surface area contributed by atoms with Gasteiger partial charge in [0.2, 0.25) is 5.76 Å². The quantitative estimate of drug-likeness (QED) is 0.234. The van der Waals surface area contributed by atoms with Gasteiger partial charge in [-0.3, -0.25) is 9.59 Å². The fraction of sp³-hybridized carbons (Fsp3) is 0.304. The van der Waals surface area contributed by atoms with Crippen LogP contribution in [0.3, 0.4) is 0 Å². The summed E-state index contributed by atoms with van der Waals surface area (Å²) in [5.74, 6) is -0.781. The molecular formula is C23H20N2O6. The van der Waals surface area contributed by atoms with Crippen LogP contribution in [0.25, 0.3) is 0 Å². The zero-order chi connectivity index (χ0) is 21.5. The molecule has 8 nitrogen and oxygen atoms in total. The van der Waals surface area contributed by atoms with E-state index in [9.17, 15) is 14.4 Å². The Kier molecular flexibility index (Phi) is 4.69. The molecule has 0 N–H and O–H groups in total. The molecule has 1 aliphatic heterocycles. The molecule has 3 aliphatic rings. The molecule has 1 aromatic carbocycles. The maximum Gasteiger partial charge on any atom is 0.379 e. The molecule has 0 spiro atoms. The van der Waals surface area contributed by atoms with Gasteiger partial charge in [-0.15, -0.1) is 0 Å². The van der Waals surface area contributed by atoms with E-state index in [0.717, 1.165) is 11.4 Å². The van der Waals surface area contributed by atoms with Gasteiger partial charge in [-0.2, -0.15) is 10.1 Å². The van der Waals surface area contributed by atoms with E-state index < -0.39 is 5.97 Å². The van der Waals surface area contributed by atoms with E-state index >= 15 is 0 Å². The SMILES string of the molecule is CCOc1cc(C=NN2C(=O)C3C4C=CC(C4)C3C2=O)ccc1OC(=O)c1ccco1. The molecule has 1 aromatic heterocycles. The Labute approximate surface area is 178 Å². The van der Waals surface area contributed by atoms with Crippen LogP contribution in [0.2, 0.25) is 0 Å². The number of imide groups is 1. The van der Waals surface area contributed by atoms with Crippen molar-refractivity contribution < 1.29 is 28.3 Å². The van der Waals surface area contributed by atoms with Crippen LogP contribution >= 0.6 is 0 Å². The van der Waals surface area contributed by atoms with Crippen molar-refractivity contribution in [1.29, 1.82) is 0 Å². The summed E-state index contributed by atoms with van der Waals surface area (Å²) in [7, 11) is 0. The first-order valence-corrected chi connectivity index (χ1v) is 10.2. The largest absolute Gasteiger partial charge is 0.490 e. The minimum Gasteiger partial charge on any atom is -0.490 e. The standard InChI is InChI=1S/C23H20N2O6/c1-2-29-18-10-13(5-8-16(18)31-23(28)17-4-3-9-30-17)12-24-25-21(26)19-14-6-7-15(11-14)20(19)22(25)27/h3-10,12,14-15,19-20H,2,11H2,1H3. The summed E-state index contributed by atoms with van der Waals surface area (Å²) in [5, 5.41) is 5.16. The second kappa shape index (κ2) is 7.54. The van der Waals surface area contributed by atoms with Gasteiger partial charge in [-0.25, -0.2) is 4.79 Å². The predicted octanol–water partition coefficient (Wildman–Crippen LogP) is 3.04. The van der Waals surface area contributed by atoms with Crippen molar-refractivity contribution in [3.05, 3.63) is 60.1 Å². The molecule has 2 aliphatic carbocycles. The monoisotopic (exact) mass is 420 g/mol. The molecule has 2 fully saturated rings. The smallest absolute Gasteiger partial charge is 0.379 e. The van der Waals surface area contributed by atoms with E-state index in [1.807, 2.05) is 19.1 Å². The molecule has 0 radical (unpaired) electrons. The topological polar surface area (TPSA) is 98.4 Å². The number of carbonyl (C=O) groups excluding carboxylic acids is 3. The van der Waals surface area contributed by atoms with Crippen molar-refractivity contribution in [3.63, 3.8) is 0 Å². The Bertz CT molecular complexity index is 1070. The molecule has 2 bridgehead atoms. The molecule has 2 heterocycles. The van der Waals surface area contributed by atoms with Gasteiger partial charge in [-0.1, -0.05) is 12.2 Å². The van der Waals surface area contributed by atoms with Crippen LogP contribution in [-0.4, -0.2) is 35.6 Å². The van der Waals surface area contributed by atoms with Crippen LogP contribution in [0.1, 0.15) is 29.5 Å². The number of hydrogen-bond acceptors (Lipinski definition) is 7. The first-order valence-electron chi connectivity index (χ1n) is 10.2. The van der Waals surface area contributed by atoms with Gasteiger partial charge in [0.1, 0.15) is 0 Å². The molecule has 2 aromatic rings. The third-order valence-electron chi connectivity index (χ3n) is 5.96. The molecule has 1 saturated carbocycles. The maximum absolute atomic E-state index is 12.7. The molecule has 158 valence electrons. The highest BCUT2D eigenvalue weighted by molar-refractivity contribution is 6.06. The number of nitrogens with zero attached hydrogens (tertiary/aromatic N) is 2. The van der Waals surface area contributed by atoms with Gasteiger partial charge in [0, 0.05) is 0 Å². The lowest BCUT2D eigenvalue weighted by molar-refractivity contribution is -0.140. The number of hydrazone groups is 1. The summed E-state index contributed by atoms with van der Waals surface area (Å²) >= 11 is 0. The third-order valence-corrected chi connectivity index (χ3v) is 5.96. The summed E-state index contributed by atoms with van der Waals surface area (Å²) in [6.07, 6.45) is 7.78. The van der Waals surface area contributed by atoms with Crippen molar-refractivity contribution in [3.8, 4) is 11.5 Å². The number of esters is 1. The van der Waals surface area contributed by atoms with Crippen molar-refractivity contribution >= 4 is 24.0 Å². The van der Waals surface area contributed by atoms with Gasteiger partial charge < -0.3 is 13.9 Å². The molecule has 4 atom stereocenters. The normalized spacial score (nSPS) is 26.2. The first-order chi connectivity index (χ1) is 15.1. The second-order valence-electron chi connectivity index (χ2n) is 7.74. The molecule has 5 rings (SSSR count). The van der Waals surface area contributed by atoms with Crippen LogP contribution in [-0.2, 0) is 9.59 Å². The van der Waals surface area contributed by atoms with Gasteiger partial charge >= 0.3 is 5.97 Å². The Morgan fingerprint density at radius 3 is 2.55 bits per heavy atom. The van der Waals surface area contributed by atoms with Gasteiger partial charge in [0.15, 0.2) is 11.5 Å². The van der Waals surface area contributed by atoms with Crippen molar-refractivity contribution in [2.24, 2.45) is 28.8 Å². The lowest BCUT2D eigenvalue weighted by Gasteiger charge is -2.13. The summed E-state index contributed by atoms with van der Waals surface area (Å²) in [6, 6.07) is 7.96. The van der Waals surface area contributed by atoms with Crippen LogP contribution in [0, 0.1) is 23.7 Å². The lowest BCUT2D eigenvalue weighted by atomic mass is 9.85. The van der Waals surface area contributed by atoms with Crippen molar-refractivity contribution in [2.45, 2.75) is 13.3 Å². The Morgan fingerprint density at radius 2 is 1.90 bits per heavy atom. The maximum atomic E-state index is 12.7. The molecule has 4 unspecified atom stereocenters. The third kappa shape index (κ3) is 3.24. The average molecular weight is 420 g/mol. The summed E-state index contributed by atoms with van der Waals surface area (Å²) in [6.45, 7) is 2.16. The fourth-order valence-electron chi connectivity index (χ4n) is 4.63. The molecular weight excluding hydrogens is 400 g/mol. The lowest BCUT2D eigenvalue weighted by Crippen LogP contribution is -2.28. The summed E-state index contributed by atoms with van der Waals surface area (Å²) < 4.78 is 16.0. The molecule has 8 heteroatoms. The Hall–Kier alpha value is -3.68. The van der Waals surface area contributed by atoms with E-state index in [4.69, 9.17) is 13.9 Å². The molecule has 1 saturated heterocycles. The average Bonchev–Trinajstić information content (AvgIpc) is 3.54. The number of amides is 2. The number of benzene rings is 1. The highest BCUT2D eigenvalue weighted by Gasteiger charge is 2.59. The van der Waals surface area contributed by atoms with E-state index in [-0.39, 0.29) is 47.0 Å². The zero-order valence-corrected chi connectivity index (χ0v) is 16.8. The van der Waals surface area contributed by atoms with E-state index in [2.05, 4.69) is 5.10 Å². The van der Waals surface area contributed by atoms with Gasteiger partial charge in [0.05, 0.1) is 30.9 Å². The summed E-state index contributed by atoms with van der Waals surface area (Å²) in [5.41, 5.74) is 0.597. The number of allylic oxidation sites excluding steroid dienone is 2. The van der Waals surface area contributed by atoms with Gasteiger partial charge in [-0.05, 0) is 61.1 Å². The fourth-order valence-corrected chi connectivity index (χ4v) is 4.63. The van der Waals surface area contributed by atoms with Crippen LogP contribution in [0.5, 0.6) is 11.5 Å². The number of carbonyl (C=O) groups is 3. The highest BCUT2D eigenvalue weighted by atomic mass is 16.6. The van der Waals surface area contributed by atoms with E-state index in [1.165, 1.54) is 18.5 Å². The predicted molar refractivity (Wildman–Crippen MR) is 108 cm³/mol. The second-order valence-corrected chi connectivity index (χ2v) is 7.74. The summed E-state index contributed by atoms with van der Waals surface area (Å²) in [4.78, 5) is 37.6. The Morgan fingerprint density at radius 1 is 1.16 bits per heavy atom. The number of hydrogen-bond donors (Lipinski definition) is 0. The van der Waals surface area contributed by atoms with E-state index in [0.29, 0.717) is 17.9 Å². The number of fused-ring (bicyclic) bond motifs is 5. The number of ether oxygens (including phenoxy) is 2. The zero-order valence-electron chi connectivity index (χ0n) is 16.8. The first kappa shape index (κ1) is 19.3. The minimum atomic E-state index is -0.643. The van der Waals surface area contributed by atoms with E-state index in [1.54, 1.807) is 24.3 Å². The molecule has 2 amide bonds. The van der Waals surface area contributed by atoms with Gasteiger partial charge in [0.25, 0.3) is 11.8 Å². The van der Waals surface area contributed by atoms with Crippen LogP contribution in [0.15, 0.2) is 58.3 Å². The van der Waals surface area contributed by atoms with Crippen molar-refractivity contribution in [1.82, 2.24) is 5.01 Å². The highest BCUT2D eigenvalue weighted by Crippen LogP contribution is 2.52. The number of rotatable bonds is 6. The molecule has 31 heavy (non-hydrogen) atoms. The Balaban J connectivity index is 1.34. The minimum absolute atomic E-state index is 0.0770.